The van der Waals surface area contributed by atoms with E-state index in [-0.39, 0.29) is 0 Å². The average Bonchev–Trinajstić information content (AvgIpc) is 2.41. The van der Waals surface area contributed by atoms with E-state index in [2.05, 4.69) is 6.92 Å². The van der Waals surface area contributed by atoms with Gasteiger partial charge in [-0.25, -0.2) is 0 Å². The highest BCUT2D eigenvalue weighted by molar-refractivity contribution is 4.79. The van der Waals surface area contributed by atoms with E-state index in [4.69, 9.17) is 4.74 Å². The third-order valence-electron chi connectivity index (χ3n) is 4.85. The normalized spacial score (nSPS) is 34.8. The summed E-state index contributed by atoms with van der Waals surface area (Å²) >= 11 is 0. The maximum Gasteiger partial charge on any atom is 0.0603 e. The van der Waals surface area contributed by atoms with Gasteiger partial charge in [0.1, 0.15) is 0 Å². The molecule has 1 saturated carbocycles. The first-order chi connectivity index (χ1) is 8.40. The fraction of sp³-hybridized carbons (Fsp3) is 1.00. The predicted octanol–water partition coefficient (Wildman–Crippen LogP) is 4.94. The number of rotatable bonds is 5. The molecule has 0 N–H and O–H groups in total. The SMILES string of the molecule is CCCCCC1CCC(C2CCCCO2)CC1. The van der Waals surface area contributed by atoms with Gasteiger partial charge in [-0.3, -0.25) is 0 Å². The Morgan fingerprint density at radius 1 is 0.941 bits per heavy atom. The Morgan fingerprint density at radius 2 is 1.76 bits per heavy atom. The molecule has 1 saturated heterocycles. The maximum atomic E-state index is 5.95. The van der Waals surface area contributed by atoms with Crippen molar-refractivity contribution in [1.29, 1.82) is 0 Å². The van der Waals surface area contributed by atoms with Crippen LogP contribution in [0.15, 0.2) is 0 Å². The van der Waals surface area contributed by atoms with Gasteiger partial charge in [-0.15, -0.1) is 0 Å². The fourth-order valence-corrected chi connectivity index (χ4v) is 3.67. The van der Waals surface area contributed by atoms with Gasteiger partial charge in [0.15, 0.2) is 0 Å². The zero-order chi connectivity index (χ0) is 11.9. The maximum absolute atomic E-state index is 5.95. The highest BCUT2D eigenvalue weighted by atomic mass is 16.5. The lowest BCUT2D eigenvalue weighted by atomic mass is 9.76. The lowest BCUT2D eigenvalue weighted by molar-refractivity contribution is -0.0344. The standard InChI is InChI=1S/C16H30O/c1-2-3-4-7-14-9-11-15(12-10-14)16-8-5-6-13-17-16/h14-16H,2-13H2,1H3. The van der Waals surface area contributed by atoms with E-state index in [0.29, 0.717) is 6.10 Å². The van der Waals surface area contributed by atoms with Gasteiger partial charge in [0.2, 0.25) is 0 Å². The first kappa shape index (κ1) is 13.4. The van der Waals surface area contributed by atoms with E-state index in [9.17, 15) is 0 Å². The first-order valence-corrected chi connectivity index (χ1v) is 8.01. The average molecular weight is 238 g/mol. The van der Waals surface area contributed by atoms with Crippen molar-refractivity contribution in [3.8, 4) is 0 Å². The van der Waals surface area contributed by atoms with Crippen LogP contribution in [-0.2, 0) is 4.74 Å². The van der Waals surface area contributed by atoms with Crippen molar-refractivity contribution in [2.45, 2.75) is 83.7 Å². The molecule has 1 aliphatic heterocycles. The summed E-state index contributed by atoms with van der Waals surface area (Å²) in [5.41, 5.74) is 0. The summed E-state index contributed by atoms with van der Waals surface area (Å²) in [6, 6.07) is 0. The molecule has 0 aromatic carbocycles. The van der Waals surface area contributed by atoms with Crippen molar-refractivity contribution in [3.63, 3.8) is 0 Å². The van der Waals surface area contributed by atoms with Gasteiger partial charge in [0.05, 0.1) is 6.10 Å². The second-order valence-electron chi connectivity index (χ2n) is 6.18. The van der Waals surface area contributed by atoms with Crippen LogP contribution in [0.4, 0.5) is 0 Å². The summed E-state index contributed by atoms with van der Waals surface area (Å²) in [6.45, 7) is 3.33. The molecule has 0 radical (unpaired) electrons. The molecule has 2 fully saturated rings. The molecule has 0 bridgehead atoms. The van der Waals surface area contributed by atoms with Gasteiger partial charge >= 0.3 is 0 Å². The van der Waals surface area contributed by atoms with E-state index in [1.54, 1.807) is 0 Å². The van der Waals surface area contributed by atoms with Crippen LogP contribution in [0.2, 0.25) is 0 Å². The fourth-order valence-electron chi connectivity index (χ4n) is 3.67. The summed E-state index contributed by atoms with van der Waals surface area (Å²) in [5, 5.41) is 0. The second kappa shape index (κ2) is 7.41. The molecule has 0 spiro atoms. The third-order valence-corrected chi connectivity index (χ3v) is 4.85. The molecule has 2 rings (SSSR count). The lowest BCUT2D eigenvalue weighted by Crippen LogP contribution is -2.31. The number of unbranched alkanes of at least 4 members (excludes halogenated alkanes) is 2. The van der Waals surface area contributed by atoms with Gasteiger partial charge in [0.25, 0.3) is 0 Å². The summed E-state index contributed by atoms with van der Waals surface area (Å²) in [5.74, 6) is 1.94. The topological polar surface area (TPSA) is 9.23 Å². The monoisotopic (exact) mass is 238 g/mol. The molecule has 1 aliphatic carbocycles. The Hall–Kier alpha value is -0.0400. The minimum Gasteiger partial charge on any atom is -0.378 e. The van der Waals surface area contributed by atoms with Crippen LogP contribution in [0.25, 0.3) is 0 Å². The van der Waals surface area contributed by atoms with E-state index in [1.807, 2.05) is 0 Å². The number of hydrogen-bond donors (Lipinski definition) is 0. The Morgan fingerprint density at radius 3 is 2.41 bits per heavy atom. The second-order valence-corrected chi connectivity index (χ2v) is 6.18. The minimum absolute atomic E-state index is 0.625. The Bertz CT molecular complexity index is 188. The van der Waals surface area contributed by atoms with Crippen molar-refractivity contribution in [3.05, 3.63) is 0 Å². The van der Waals surface area contributed by atoms with Crippen molar-refractivity contribution in [2.75, 3.05) is 6.61 Å². The Balaban J connectivity index is 1.63. The summed E-state index contributed by atoms with van der Waals surface area (Å²) in [7, 11) is 0. The van der Waals surface area contributed by atoms with Crippen molar-refractivity contribution < 1.29 is 4.74 Å². The van der Waals surface area contributed by atoms with Crippen LogP contribution in [0.1, 0.15) is 77.6 Å². The van der Waals surface area contributed by atoms with E-state index < -0.39 is 0 Å². The predicted molar refractivity (Wildman–Crippen MR) is 73.2 cm³/mol. The molecule has 0 aromatic heterocycles. The van der Waals surface area contributed by atoms with Crippen LogP contribution in [0.5, 0.6) is 0 Å². The third kappa shape index (κ3) is 4.28. The highest BCUT2D eigenvalue weighted by Gasteiger charge is 2.28. The Kier molecular flexibility index (Phi) is 5.84. The summed E-state index contributed by atoms with van der Waals surface area (Å²) in [6.07, 6.45) is 16.3. The van der Waals surface area contributed by atoms with Crippen molar-refractivity contribution in [1.82, 2.24) is 0 Å². The molecule has 0 aromatic rings. The molecule has 2 aliphatic rings. The molecule has 1 nitrogen and oxygen atoms in total. The highest BCUT2D eigenvalue weighted by Crippen LogP contribution is 2.36. The smallest absolute Gasteiger partial charge is 0.0603 e. The van der Waals surface area contributed by atoms with Crippen LogP contribution in [-0.4, -0.2) is 12.7 Å². The van der Waals surface area contributed by atoms with Crippen LogP contribution >= 0.6 is 0 Å². The number of hydrogen-bond acceptors (Lipinski definition) is 1. The van der Waals surface area contributed by atoms with E-state index in [1.165, 1.54) is 70.6 Å². The van der Waals surface area contributed by atoms with Crippen LogP contribution in [0, 0.1) is 11.8 Å². The van der Waals surface area contributed by atoms with E-state index in [0.717, 1.165) is 18.4 Å². The molecule has 1 atom stereocenters. The van der Waals surface area contributed by atoms with Gasteiger partial charge in [-0.1, -0.05) is 45.4 Å². The first-order valence-electron chi connectivity index (χ1n) is 8.01. The van der Waals surface area contributed by atoms with Gasteiger partial charge in [0, 0.05) is 6.61 Å². The van der Waals surface area contributed by atoms with E-state index >= 15 is 0 Å². The van der Waals surface area contributed by atoms with Crippen LogP contribution < -0.4 is 0 Å². The Labute approximate surface area is 107 Å². The molecular formula is C16H30O. The summed E-state index contributed by atoms with van der Waals surface area (Å²) in [4.78, 5) is 0. The van der Waals surface area contributed by atoms with Gasteiger partial charge in [-0.05, 0) is 43.9 Å². The van der Waals surface area contributed by atoms with Gasteiger partial charge < -0.3 is 4.74 Å². The van der Waals surface area contributed by atoms with Crippen molar-refractivity contribution >= 4 is 0 Å². The van der Waals surface area contributed by atoms with Gasteiger partial charge in [-0.2, -0.15) is 0 Å². The lowest BCUT2D eigenvalue weighted by Gasteiger charge is -2.35. The zero-order valence-corrected chi connectivity index (χ0v) is 11.6. The summed E-state index contributed by atoms with van der Waals surface area (Å²) < 4.78 is 5.95. The molecule has 1 unspecified atom stereocenters. The molecule has 17 heavy (non-hydrogen) atoms. The molecule has 100 valence electrons. The largest absolute Gasteiger partial charge is 0.378 e. The van der Waals surface area contributed by atoms with Crippen LogP contribution in [0.3, 0.4) is 0 Å². The molecule has 0 amide bonds. The molecular weight excluding hydrogens is 208 g/mol. The molecule has 1 heterocycles. The molecule has 1 heteroatoms. The minimum atomic E-state index is 0.625. The zero-order valence-electron chi connectivity index (χ0n) is 11.6. The quantitative estimate of drug-likeness (QED) is 0.616. The van der Waals surface area contributed by atoms with Crippen molar-refractivity contribution in [2.24, 2.45) is 11.8 Å². The number of ether oxygens (including phenoxy) is 1.